The third kappa shape index (κ3) is 1.18. The lowest BCUT2D eigenvalue weighted by molar-refractivity contribution is -0.939. The molecule has 1 aliphatic heterocycles. The fraction of sp³-hybridized carbons (Fsp3) is 1.00. The maximum absolute atomic E-state index is 3.42. The van der Waals surface area contributed by atoms with Crippen LogP contribution in [-0.2, 0) is 0 Å². The highest BCUT2D eigenvalue weighted by Gasteiger charge is 2.38. The van der Waals surface area contributed by atoms with Crippen LogP contribution in [-0.4, -0.2) is 43.8 Å². The normalized spacial score (nSPS) is 30.0. The SMILES string of the molecule is CC1(C)CNCC[N+]1(C)C. The summed E-state index contributed by atoms with van der Waals surface area (Å²) in [6, 6.07) is 0. The molecule has 0 amide bonds. The van der Waals surface area contributed by atoms with Crippen LogP contribution in [0.1, 0.15) is 13.8 Å². The van der Waals surface area contributed by atoms with Crippen LogP contribution in [0.15, 0.2) is 0 Å². The van der Waals surface area contributed by atoms with Crippen LogP contribution in [0.5, 0.6) is 0 Å². The van der Waals surface area contributed by atoms with Crippen molar-refractivity contribution in [2.24, 2.45) is 0 Å². The van der Waals surface area contributed by atoms with Crippen LogP contribution < -0.4 is 5.32 Å². The molecule has 1 aliphatic rings. The second kappa shape index (κ2) is 2.21. The largest absolute Gasteiger partial charge is 0.322 e. The molecule has 0 saturated carbocycles. The lowest BCUT2D eigenvalue weighted by atomic mass is 9.98. The van der Waals surface area contributed by atoms with Gasteiger partial charge in [-0.15, -0.1) is 0 Å². The predicted octanol–water partition coefficient (Wildman–Crippen LogP) is 0.445. The standard InChI is InChI=1S/C8H19N2/c1-8(2)7-9-5-6-10(8,3)4/h9H,5-7H2,1-4H3/q+1. The van der Waals surface area contributed by atoms with Gasteiger partial charge in [-0.05, 0) is 13.8 Å². The van der Waals surface area contributed by atoms with E-state index in [0.29, 0.717) is 5.54 Å². The third-order valence-electron chi connectivity index (χ3n) is 3.04. The van der Waals surface area contributed by atoms with Crippen LogP contribution in [0.25, 0.3) is 0 Å². The van der Waals surface area contributed by atoms with Gasteiger partial charge in [0.2, 0.25) is 0 Å². The minimum atomic E-state index is 0.401. The number of nitrogens with one attached hydrogen (secondary N) is 1. The van der Waals surface area contributed by atoms with Gasteiger partial charge in [-0.25, -0.2) is 0 Å². The Labute approximate surface area is 63.8 Å². The summed E-state index contributed by atoms with van der Waals surface area (Å²) in [7, 11) is 4.61. The summed E-state index contributed by atoms with van der Waals surface area (Å²) >= 11 is 0. The molecule has 0 radical (unpaired) electrons. The molecule has 0 aromatic heterocycles. The molecule has 0 atom stereocenters. The van der Waals surface area contributed by atoms with Crippen molar-refractivity contribution < 1.29 is 4.48 Å². The molecular weight excluding hydrogens is 124 g/mol. The lowest BCUT2D eigenvalue weighted by Crippen LogP contribution is -2.66. The first-order valence-electron chi connectivity index (χ1n) is 3.99. The molecule has 2 heteroatoms. The molecule has 1 heterocycles. The lowest BCUT2D eigenvalue weighted by Gasteiger charge is -2.48. The summed E-state index contributed by atoms with van der Waals surface area (Å²) in [4.78, 5) is 0. The number of hydrogen-bond donors (Lipinski definition) is 1. The first-order chi connectivity index (χ1) is 4.46. The Morgan fingerprint density at radius 2 is 1.90 bits per heavy atom. The zero-order chi connectivity index (χ0) is 7.83. The Morgan fingerprint density at radius 1 is 1.30 bits per heavy atom. The first-order valence-corrected chi connectivity index (χ1v) is 3.99. The summed E-state index contributed by atoms with van der Waals surface area (Å²) < 4.78 is 1.14. The van der Waals surface area contributed by atoms with E-state index in [2.05, 4.69) is 33.3 Å². The maximum atomic E-state index is 3.42. The zero-order valence-electron chi connectivity index (χ0n) is 7.57. The minimum Gasteiger partial charge on any atom is -0.322 e. The second-order valence-electron chi connectivity index (χ2n) is 4.40. The van der Waals surface area contributed by atoms with Crippen LogP contribution in [0.3, 0.4) is 0 Å². The number of nitrogens with zero attached hydrogens (tertiary/aromatic N) is 1. The Balaban J connectivity index is 2.70. The van der Waals surface area contributed by atoms with Gasteiger partial charge in [-0.3, -0.25) is 0 Å². The fourth-order valence-corrected chi connectivity index (χ4v) is 1.27. The molecule has 2 nitrogen and oxygen atoms in total. The fourth-order valence-electron chi connectivity index (χ4n) is 1.27. The summed E-state index contributed by atoms with van der Waals surface area (Å²) in [6.45, 7) is 8.18. The van der Waals surface area contributed by atoms with Crippen LogP contribution >= 0.6 is 0 Å². The number of rotatable bonds is 0. The predicted molar refractivity (Wildman–Crippen MR) is 43.9 cm³/mol. The van der Waals surface area contributed by atoms with E-state index < -0.39 is 0 Å². The molecule has 0 unspecified atom stereocenters. The summed E-state index contributed by atoms with van der Waals surface area (Å²) in [5.74, 6) is 0. The quantitative estimate of drug-likeness (QED) is 0.485. The smallest absolute Gasteiger partial charge is 0.106 e. The average Bonchev–Trinajstić information content (AvgIpc) is 1.77. The Bertz CT molecular complexity index is 111. The second-order valence-corrected chi connectivity index (χ2v) is 4.40. The van der Waals surface area contributed by atoms with Gasteiger partial charge in [-0.1, -0.05) is 0 Å². The molecule has 0 aliphatic carbocycles. The molecule has 0 bridgehead atoms. The highest BCUT2D eigenvalue weighted by atomic mass is 15.4. The van der Waals surface area contributed by atoms with Crippen molar-refractivity contribution in [3.05, 3.63) is 0 Å². The van der Waals surface area contributed by atoms with Gasteiger partial charge < -0.3 is 9.80 Å². The topological polar surface area (TPSA) is 12.0 Å². The maximum Gasteiger partial charge on any atom is 0.106 e. The highest BCUT2D eigenvalue weighted by Crippen LogP contribution is 2.20. The van der Waals surface area contributed by atoms with Gasteiger partial charge in [-0.2, -0.15) is 0 Å². The van der Waals surface area contributed by atoms with Crippen molar-refractivity contribution in [1.29, 1.82) is 0 Å². The first kappa shape index (κ1) is 8.02. The Kier molecular flexibility index (Phi) is 1.77. The molecular formula is C8H19N2+. The van der Waals surface area contributed by atoms with Gasteiger partial charge in [0.1, 0.15) is 5.54 Å². The third-order valence-corrected chi connectivity index (χ3v) is 3.04. The van der Waals surface area contributed by atoms with Crippen molar-refractivity contribution in [2.45, 2.75) is 19.4 Å². The van der Waals surface area contributed by atoms with Crippen LogP contribution in [0.4, 0.5) is 0 Å². The molecule has 10 heavy (non-hydrogen) atoms. The van der Waals surface area contributed by atoms with Crippen molar-refractivity contribution in [3.63, 3.8) is 0 Å². The number of hydrogen-bond acceptors (Lipinski definition) is 1. The van der Waals surface area contributed by atoms with Gasteiger partial charge in [0.25, 0.3) is 0 Å². The molecule has 1 fully saturated rings. The molecule has 1 rings (SSSR count). The van der Waals surface area contributed by atoms with E-state index in [0.717, 1.165) is 17.6 Å². The van der Waals surface area contributed by atoms with Crippen LogP contribution in [0, 0.1) is 0 Å². The van der Waals surface area contributed by atoms with Crippen molar-refractivity contribution >= 4 is 0 Å². The van der Waals surface area contributed by atoms with E-state index in [4.69, 9.17) is 0 Å². The molecule has 0 aromatic carbocycles. The highest BCUT2D eigenvalue weighted by molar-refractivity contribution is 4.76. The molecule has 0 aromatic rings. The molecule has 0 spiro atoms. The van der Waals surface area contributed by atoms with E-state index >= 15 is 0 Å². The van der Waals surface area contributed by atoms with Crippen molar-refractivity contribution in [3.8, 4) is 0 Å². The van der Waals surface area contributed by atoms with Gasteiger partial charge in [0.05, 0.1) is 27.2 Å². The van der Waals surface area contributed by atoms with E-state index in [1.54, 1.807) is 0 Å². The number of piperazine rings is 1. The van der Waals surface area contributed by atoms with E-state index in [-0.39, 0.29) is 0 Å². The molecule has 1 saturated heterocycles. The number of quaternary nitrogens is 1. The van der Waals surface area contributed by atoms with Crippen molar-refractivity contribution in [2.75, 3.05) is 33.7 Å². The Hall–Kier alpha value is -0.0800. The van der Waals surface area contributed by atoms with Crippen molar-refractivity contribution in [1.82, 2.24) is 5.32 Å². The van der Waals surface area contributed by atoms with Gasteiger partial charge in [0.15, 0.2) is 0 Å². The average molecular weight is 143 g/mol. The zero-order valence-corrected chi connectivity index (χ0v) is 7.57. The van der Waals surface area contributed by atoms with E-state index in [1.165, 1.54) is 6.54 Å². The van der Waals surface area contributed by atoms with E-state index in [1.807, 2.05) is 0 Å². The van der Waals surface area contributed by atoms with Gasteiger partial charge >= 0.3 is 0 Å². The molecule has 1 N–H and O–H groups in total. The van der Waals surface area contributed by atoms with Crippen LogP contribution in [0.2, 0.25) is 0 Å². The summed E-state index contributed by atoms with van der Waals surface area (Å²) in [5.41, 5.74) is 0.401. The summed E-state index contributed by atoms with van der Waals surface area (Å²) in [5, 5.41) is 3.42. The number of likely N-dealkylation sites (N-methyl/N-ethyl adjacent to an activating group) is 1. The monoisotopic (exact) mass is 143 g/mol. The minimum absolute atomic E-state index is 0.401. The Morgan fingerprint density at radius 3 is 2.20 bits per heavy atom. The summed E-state index contributed by atoms with van der Waals surface area (Å²) in [6.07, 6.45) is 0. The van der Waals surface area contributed by atoms with E-state index in [9.17, 15) is 0 Å². The van der Waals surface area contributed by atoms with Gasteiger partial charge in [0, 0.05) is 6.54 Å². The molecule has 60 valence electrons.